The molecule has 102 valence electrons. The highest BCUT2D eigenvalue weighted by Gasteiger charge is 2.16. The van der Waals surface area contributed by atoms with Gasteiger partial charge in [0.25, 0.3) is 0 Å². The third-order valence-corrected chi connectivity index (χ3v) is 4.42. The molecule has 1 rings (SSSR count). The first kappa shape index (κ1) is 15.2. The van der Waals surface area contributed by atoms with Gasteiger partial charge >= 0.3 is 0 Å². The average molecular weight is 291 g/mol. The van der Waals surface area contributed by atoms with Gasteiger partial charge in [-0.3, -0.25) is 5.43 Å². The second-order valence-electron chi connectivity index (χ2n) is 3.80. The molecule has 0 saturated heterocycles. The van der Waals surface area contributed by atoms with E-state index in [1.54, 1.807) is 11.8 Å². The molecule has 0 aromatic carbocycles. The number of nitrogens with zero attached hydrogens (tertiary/aromatic N) is 2. The SMILES string of the molecule is CSCC(C)CNS(=O)(=O)c1cnc(NN)nc1. The van der Waals surface area contributed by atoms with E-state index in [1.165, 1.54) is 12.4 Å². The summed E-state index contributed by atoms with van der Waals surface area (Å²) >= 11 is 1.68. The van der Waals surface area contributed by atoms with E-state index < -0.39 is 10.0 Å². The van der Waals surface area contributed by atoms with Crippen LogP contribution >= 0.6 is 11.8 Å². The predicted octanol–water partition coefficient (Wildman–Crippen LogP) is 0.0396. The molecule has 0 saturated carbocycles. The van der Waals surface area contributed by atoms with Crippen LogP contribution in [0.4, 0.5) is 5.95 Å². The summed E-state index contributed by atoms with van der Waals surface area (Å²) in [6, 6.07) is 0. The van der Waals surface area contributed by atoms with Crippen LogP contribution in [0.5, 0.6) is 0 Å². The second-order valence-corrected chi connectivity index (χ2v) is 6.48. The van der Waals surface area contributed by atoms with Gasteiger partial charge in [-0.05, 0) is 17.9 Å². The lowest BCUT2D eigenvalue weighted by Crippen LogP contribution is -2.29. The molecule has 7 nitrogen and oxygen atoms in total. The molecule has 0 aliphatic rings. The molecule has 0 radical (unpaired) electrons. The van der Waals surface area contributed by atoms with E-state index in [2.05, 4.69) is 20.1 Å². The molecule has 1 unspecified atom stereocenters. The number of thioether (sulfide) groups is 1. The van der Waals surface area contributed by atoms with E-state index in [4.69, 9.17) is 5.84 Å². The molecule has 1 aromatic heterocycles. The quantitative estimate of drug-likeness (QED) is 0.480. The molecular formula is C9H17N5O2S2. The third kappa shape index (κ3) is 4.41. The van der Waals surface area contributed by atoms with Crippen molar-refractivity contribution in [1.29, 1.82) is 0 Å². The van der Waals surface area contributed by atoms with Crippen molar-refractivity contribution >= 4 is 27.7 Å². The Balaban J connectivity index is 2.67. The van der Waals surface area contributed by atoms with Crippen LogP contribution in [0.1, 0.15) is 6.92 Å². The van der Waals surface area contributed by atoms with Crippen LogP contribution in [0.25, 0.3) is 0 Å². The lowest BCUT2D eigenvalue weighted by Gasteiger charge is -2.11. The maximum Gasteiger partial charge on any atom is 0.243 e. The zero-order valence-electron chi connectivity index (χ0n) is 10.3. The highest BCUT2D eigenvalue weighted by molar-refractivity contribution is 7.98. The standard InChI is InChI=1S/C9H17N5O2S2/c1-7(6-17-2)3-13-18(15,16)8-4-11-9(14-10)12-5-8/h4-5,7,13H,3,6,10H2,1-2H3,(H,11,12,14). The zero-order valence-corrected chi connectivity index (χ0v) is 11.9. The molecule has 0 aliphatic heterocycles. The highest BCUT2D eigenvalue weighted by Crippen LogP contribution is 2.08. The van der Waals surface area contributed by atoms with Gasteiger partial charge in [0.15, 0.2) is 0 Å². The number of hydrogen-bond acceptors (Lipinski definition) is 7. The Kier molecular flexibility index (Phi) is 5.79. The number of aromatic nitrogens is 2. The first-order valence-corrected chi connectivity index (χ1v) is 8.14. The maximum absolute atomic E-state index is 11.9. The van der Waals surface area contributed by atoms with Gasteiger partial charge in [-0.1, -0.05) is 6.92 Å². The molecule has 0 spiro atoms. The van der Waals surface area contributed by atoms with Gasteiger partial charge < -0.3 is 0 Å². The van der Waals surface area contributed by atoms with Crippen LogP contribution < -0.4 is 16.0 Å². The number of anilines is 1. The van der Waals surface area contributed by atoms with Gasteiger partial charge in [0.2, 0.25) is 16.0 Å². The van der Waals surface area contributed by atoms with Gasteiger partial charge in [-0.15, -0.1) is 0 Å². The Morgan fingerprint density at radius 3 is 2.56 bits per heavy atom. The number of sulfonamides is 1. The Morgan fingerprint density at radius 1 is 1.44 bits per heavy atom. The fourth-order valence-corrected chi connectivity index (χ4v) is 2.95. The summed E-state index contributed by atoms with van der Waals surface area (Å²) in [5.41, 5.74) is 2.23. The van der Waals surface area contributed by atoms with Crippen molar-refractivity contribution < 1.29 is 8.42 Å². The summed E-state index contributed by atoms with van der Waals surface area (Å²) in [6.45, 7) is 2.37. The zero-order chi connectivity index (χ0) is 13.6. The van der Waals surface area contributed by atoms with Crippen LogP contribution in [-0.4, -0.2) is 36.9 Å². The molecule has 1 heterocycles. The first-order valence-electron chi connectivity index (χ1n) is 5.27. The highest BCUT2D eigenvalue weighted by atomic mass is 32.2. The van der Waals surface area contributed by atoms with Crippen LogP contribution in [0.15, 0.2) is 17.3 Å². The smallest absolute Gasteiger partial charge is 0.243 e. The van der Waals surface area contributed by atoms with Gasteiger partial charge in [-0.2, -0.15) is 11.8 Å². The molecule has 9 heteroatoms. The second kappa shape index (κ2) is 6.88. The number of rotatable bonds is 7. The van der Waals surface area contributed by atoms with E-state index in [0.717, 1.165) is 5.75 Å². The van der Waals surface area contributed by atoms with Crippen molar-refractivity contribution in [3.05, 3.63) is 12.4 Å². The minimum absolute atomic E-state index is 0.0258. The lowest BCUT2D eigenvalue weighted by molar-refractivity contribution is 0.562. The number of hydrazine groups is 1. The Hall–Kier alpha value is -0.900. The van der Waals surface area contributed by atoms with Crippen molar-refractivity contribution in [3.8, 4) is 0 Å². The Bertz CT molecular complexity index is 462. The lowest BCUT2D eigenvalue weighted by atomic mass is 10.2. The average Bonchev–Trinajstić information content (AvgIpc) is 2.37. The van der Waals surface area contributed by atoms with Crippen molar-refractivity contribution in [1.82, 2.24) is 14.7 Å². The van der Waals surface area contributed by atoms with Gasteiger partial charge in [0.05, 0.1) is 12.4 Å². The first-order chi connectivity index (χ1) is 8.49. The fourth-order valence-electron chi connectivity index (χ4n) is 1.21. The van der Waals surface area contributed by atoms with Gasteiger partial charge in [0, 0.05) is 6.54 Å². The van der Waals surface area contributed by atoms with E-state index in [0.29, 0.717) is 6.54 Å². The number of nitrogens with two attached hydrogens (primary N) is 1. The maximum atomic E-state index is 11.9. The van der Waals surface area contributed by atoms with Crippen molar-refractivity contribution in [2.45, 2.75) is 11.8 Å². The number of hydrogen-bond donors (Lipinski definition) is 3. The van der Waals surface area contributed by atoms with Crippen LogP contribution in [0, 0.1) is 5.92 Å². The molecule has 1 atom stereocenters. The molecule has 0 bridgehead atoms. The Morgan fingerprint density at radius 2 is 2.06 bits per heavy atom. The van der Waals surface area contributed by atoms with Crippen molar-refractivity contribution in [2.24, 2.45) is 11.8 Å². The van der Waals surface area contributed by atoms with Crippen molar-refractivity contribution in [2.75, 3.05) is 24.0 Å². The summed E-state index contributed by atoms with van der Waals surface area (Å²) in [5, 5.41) is 0. The largest absolute Gasteiger partial charge is 0.292 e. The third-order valence-electron chi connectivity index (χ3n) is 2.14. The minimum Gasteiger partial charge on any atom is -0.292 e. The van der Waals surface area contributed by atoms with E-state index >= 15 is 0 Å². The number of nitrogens with one attached hydrogen (secondary N) is 2. The fraction of sp³-hybridized carbons (Fsp3) is 0.556. The summed E-state index contributed by atoms with van der Waals surface area (Å²) in [7, 11) is -3.55. The summed E-state index contributed by atoms with van der Waals surface area (Å²) in [4.78, 5) is 7.54. The summed E-state index contributed by atoms with van der Waals surface area (Å²) in [6.07, 6.45) is 4.41. The Labute approximate surface area is 111 Å². The monoisotopic (exact) mass is 291 g/mol. The van der Waals surface area contributed by atoms with Crippen LogP contribution in [0.2, 0.25) is 0 Å². The van der Waals surface area contributed by atoms with Crippen molar-refractivity contribution in [3.63, 3.8) is 0 Å². The molecule has 1 aromatic rings. The topological polar surface area (TPSA) is 110 Å². The molecule has 18 heavy (non-hydrogen) atoms. The van der Waals surface area contributed by atoms with Gasteiger partial charge in [-0.25, -0.2) is 29.0 Å². The molecule has 0 aliphatic carbocycles. The molecule has 0 amide bonds. The molecule has 4 N–H and O–H groups in total. The summed E-state index contributed by atoms with van der Waals surface area (Å²) < 4.78 is 26.3. The molecular weight excluding hydrogens is 274 g/mol. The summed E-state index contributed by atoms with van der Waals surface area (Å²) in [5.74, 6) is 6.43. The van der Waals surface area contributed by atoms with E-state index in [9.17, 15) is 8.42 Å². The minimum atomic E-state index is -3.55. The van der Waals surface area contributed by atoms with Crippen LogP contribution in [0.3, 0.4) is 0 Å². The van der Waals surface area contributed by atoms with E-state index in [1.807, 2.05) is 13.2 Å². The normalized spacial score (nSPS) is 13.3. The van der Waals surface area contributed by atoms with Gasteiger partial charge in [0.1, 0.15) is 4.90 Å². The predicted molar refractivity (Wildman–Crippen MR) is 72.6 cm³/mol. The molecule has 0 fully saturated rings. The van der Waals surface area contributed by atoms with E-state index in [-0.39, 0.29) is 16.8 Å². The van der Waals surface area contributed by atoms with Crippen LogP contribution in [-0.2, 0) is 10.0 Å². The number of nitrogen functional groups attached to an aromatic ring is 1.